The number of nitrogen functional groups attached to an aromatic ring is 1. The fourth-order valence-corrected chi connectivity index (χ4v) is 4.45. The molecule has 182 valence electrons. The first kappa shape index (κ1) is 24.5. The lowest BCUT2D eigenvalue weighted by Crippen LogP contribution is -2.12. The van der Waals surface area contributed by atoms with Gasteiger partial charge in [0, 0.05) is 16.6 Å². The molecule has 1 amide bonds. The normalized spacial score (nSPS) is 11.6. The standard InChI is InChI=1S/C25H21F4N3O2S/c1-2-3-12-34-17-10-4-14(5-11-17)19-13-18(25(27,28)29)20-21(30)22(35-24(20)32-19)23(33)31-16-8-6-15(26)7-9-16/h4-11,13H,2-3,12,30H2,1H3,(H,31,33). The maximum absolute atomic E-state index is 14.0. The topological polar surface area (TPSA) is 77.2 Å². The summed E-state index contributed by atoms with van der Waals surface area (Å²) >= 11 is 0.763. The predicted octanol–water partition coefficient (Wildman–Crippen LogP) is 7.13. The number of carbonyl (C=O) groups is 1. The Balaban J connectivity index is 1.72. The van der Waals surface area contributed by atoms with Gasteiger partial charge < -0.3 is 15.8 Å². The van der Waals surface area contributed by atoms with E-state index in [1.54, 1.807) is 24.3 Å². The number of rotatable bonds is 7. The number of pyridine rings is 1. The van der Waals surface area contributed by atoms with Crippen molar-refractivity contribution in [2.45, 2.75) is 25.9 Å². The summed E-state index contributed by atoms with van der Waals surface area (Å²) in [5, 5.41) is 2.20. The number of nitrogens with two attached hydrogens (primary N) is 1. The number of halogens is 4. The Morgan fingerprint density at radius 1 is 1.11 bits per heavy atom. The molecule has 0 unspecified atom stereocenters. The number of fused-ring (bicyclic) bond motifs is 1. The van der Waals surface area contributed by atoms with Crippen LogP contribution in [-0.2, 0) is 6.18 Å². The van der Waals surface area contributed by atoms with Crippen LogP contribution in [-0.4, -0.2) is 17.5 Å². The quantitative estimate of drug-likeness (QED) is 0.208. The Kier molecular flexibility index (Phi) is 6.93. The third-order valence-electron chi connectivity index (χ3n) is 5.23. The summed E-state index contributed by atoms with van der Waals surface area (Å²) in [5.74, 6) is -0.587. The first-order valence-electron chi connectivity index (χ1n) is 10.8. The van der Waals surface area contributed by atoms with E-state index in [2.05, 4.69) is 10.3 Å². The van der Waals surface area contributed by atoms with Crippen molar-refractivity contribution in [3.63, 3.8) is 0 Å². The number of amides is 1. The lowest BCUT2D eigenvalue weighted by molar-refractivity contribution is -0.136. The molecule has 0 fully saturated rings. The average Bonchev–Trinajstić information content (AvgIpc) is 3.16. The molecule has 0 radical (unpaired) electrons. The van der Waals surface area contributed by atoms with Crippen molar-refractivity contribution in [1.29, 1.82) is 0 Å². The highest BCUT2D eigenvalue weighted by Crippen LogP contribution is 2.43. The highest BCUT2D eigenvalue weighted by Gasteiger charge is 2.36. The largest absolute Gasteiger partial charge is 0.494 e. The number of hydrogen-bond acceptors (Lipinski definition) is 5. The molecule has 10 heteroatoms. The molecule has 0 spiro atoms. The van der Waals surface area contributed by atoms with E-state index in [4.69, 9.17) is 10.5 Å². The molecule has 0 aliphatic rings. The number of carbonyl (C=O) groups excluding carboxylic acids is 1. The van der Waals surface area contributed by atoms with E-state index >= 15 is 0 Å². The summed E-state index contributed by atoms with van der Waals surface area (Å²) in [4.78, 5) is 17.0. The third kappa shape index (κ3) is 5.37. The van der Waals surface area contributed by atoms with Gasteiger partial charge in [-0.05, 0) is 61.0 Å². The minimum atomic E-state index is -4.72. The lowest BCUT2D eigenvalue weighted by atomic mass is 10.1. The van der Waals surface area contributed by atoms with E-state index in [0.717, 1.165) is 42.4 Å². The maximum Gasteiger partial charge on any atom is 0.417 e. The molecule has 4 aromatic rings. The number of hydrogen-bond donors (Lipinski definition) is 2. The van der Waals surface area contributed by atoms with Crippen LogP contribution in [0.3, 0.4) is 0 Å². The van der Waals surface area contributed by atoms with Gasteiger partial charge in [-0.1, -0.05) is 13.3 Å². The van der Waals surface area contributed by atoms with Gasteiger partial charge in [0.15, 0.2) is 0 Å². The first-order chi connectivity index (χ1) is 16.7. The van der Waals surface area contributed by atoms with E-state index in [1.807, 2.05) is 6.92 Å². The summed E-state index contributed by atoms with van der Waals surface area (Å²) < 4.78 is 60.7. The van der Waals surface area contributed by atoms with Crippen LogP contribution in [0.1, 0.15) is 35.0 Å². The average molecular weight is 504 g/mol. The number of anilines is 2. The predicted molar refractivity (Wildman–Crippen MR) is 129 cm³/mol. The van der Waals surface area contributed by atoms with Gasteiger partial charge in [0.2, 0.25) is 0 Å². The zero-order chi connectivity index (χ0) is 25.2. The van der Waals surface area contributed by atoms with E-state index < -0.39 is 23.5 Å². The first-order valence-corrected chi connectivity index (χ1v) is 11.6. The van der Waals surface area contributed by atoms with Gasteiger partial charge in [0.1, 0.15) is 21.3 Å². The van der Waals surface area contributed by atoms with Crippen molar-refractivity contribution >= 4 is 38.8 Å². The van der Waals surface area contributed by atoms with Crippen molar-refractivity contribution in [2.24, 2.45) is 0 Å². The van der Waals surface area contributed by atoms with Crippen LogP contribution in [0.25, 0.3) is 21.5 Å². The molecular weight excluding hydrogens is 482 g/mol. The van der Waals surface area contributed by atoms with E-state index in [0.29, 0.717) is 17.9 Å². The Morgan fingerprint density at radius 2 is 1.80 bits per heavy atom. The van der Waals surface area contributed by atoms with Crippen molar-refractivity contribution in [1.82, 2.24) is 4.98 Å². The molecule has 2 heterocycles. The number of nitrogens with zero attached hydrogens (tertiary/aromatic N) is 1. The van der Waals surface area contributed by atoms with Crippen LogP contribution < -0.4 is 15.8 Å². The third-order valence-corrected chi connectivity index (χ3v) is 6.33. The van der Waals surface area contributed by atoms with Crippen molar-refractivity contribution in [2.75, 3.05) is 17.7 Å². The number of benzene rings is 2. The number of ether oxygens (including phenoxy) is 1. The Hall–Kier alpha value is -3.66. The molecule has 0 bridgehead atoms. The number of alkyl halides is 3. The molecule has 0 aliphatic carbocycles. The summed E-state index contributed by atoms with van der Waals surface area (Å²) in [6.45, 7) is 2.59. The number of aromatic nitrogens is 1. The minimum absolute atomic E-state index is 0.0140. The molecule has 0 atom stereocenters. The zero-order valence-electron chi connectivity index (χ0n) is 18.6. The molecule has 0 aliphatic heterocycles. The van der Waals surface area contributed by atoms with Crippen molar-refractivity contribution in [3.05, 3.63) is 70.9 Å². The number of unbranched alkanes of at least 4 members (excludes halogenated alkanes) is 1. The molecule has 3 N–H and O–H groups in total. The highest BCUT2D eigenvalue weighted by atomic mass is 32.1. The van der Waals surface area contributed by atoms with Gasteiger partial charge in [-0.25, -0.2) is 9.37 Å². The summed E-state index contributed by atoms with van der Waals surface area (Å²) in [5.41, 5.74) is 5.56. The summed E-state index contributed by atoms with van der Waals surface area (Å²) in [7, 11) is 0. The Bertz CT molecular complexity index is 1350. The number of nitrogens with one attached hydrogen (secondary N) is 1. The Morgan fingerprint density at radius 3 is 2.43 bits per heavy atom. The van der Waals surface area contributed by atoms with Gasteiger partial charge in [-0.3, -0.25) is 4.79 Å². The smallest absolute Gasteiger partial charge is 0.417 e. The van der Waals surface area contributed by atoms with Gasteiger partial charge >= 0.3 is 6.18 Å². The van der Waals surface area contributed by atoms with E-state index in [9.17, 15) is 22.4 Å². The second-order valence-electron chi connectivity index (χ2n) is 7.77. The molecule has 2 aromatic heterocycles. The van der Waals surface area contributed by atoms with Crippen LogP contribution in [0, 0.1) is 5.82 Å². The van der Waals surface area contributed by atoms with E-state index in [1.165, 1.54) is 12.1 Å². The monoisotopic (exact) mass is 503 g/mol. The Labute approximate surface area is 202 Å². The zero-order valence-corrected chi connectivity index (χ0v) is 19.4. The van der Waals surface area contributed by atoms with Crippen LogP contribution in [0.2, 0.25) is 0 Å². The van der Waals surface area contributed by atoms with Gasteiger partial charge in [0.25, 0.3) is 5.91 Å². The molecule has 35 heavy (non-hydrogen) atoms. The van der Waals surface area contributed by atoms with Crippen LogP contribution in [0.4, 0.5) is 28.9 Å². The SMILES string of the molecule is CCCCOc1ccc(-c2cc(C(F)(F)F)c3c(N)c(C(=O)Nc4ccc(F)cc4)sc3n2)cc1. The second kappa shape index (κ2) is 9.91. The number of thiophene rings is 1. The molecule has 2 aromatic carbocycles. The van der Waals surface area contributed by atoms with Crippen LogP contribution in [0.15, 0.2) is 54.6 Å². The second-order valence-corrected chi connectivity index (χ2v) is 8.76. The molecule has 5 nitrogen and oxygen atoms in total. The molecule has 0 saturated heterocycles. The van der Waals surface area contributed by atoms with Gasteiger partial charge in [-0.15, -0.1) is 11.3 Å². The maximum atomic E-state index is 14.0. The van der Waals surface area contributed by atoms with Crippen LogP contribution in [0.5, 0.6) is 5.75 Å². The fraction of sp³-hybridized carbons (Fsp3) is 0.200. The van der Waals surface area contributed by atoms with Crippen molar-refractivity contribution < 1.29 is 27.1 Å². The molecular formula is C25H21F4N3O2S. The lowest BCUT2D eigenvalue weighted by Gasteiger charge is -2.12. The molecule has 4 rings (SSSR count). The minimum Gasteiger partial charge on any atom is -0.494 e. The van der Waals surface area contributed by atoms with Gasteiger partial charge in [-0.2, -0.15) is 13.2 Å². The fourth-order valence-electron chi connectivity index (χ4n) is 3.44. The molecule has 0 saturated carbocycles. The van der Waals surface area contributed by atoms with Crippen LogP contribution >= 0.6 is 11.3 Å². The van der Waals surface area contributed by atoms with E-state index in [-0.39, 0.29) is 32.2 Å². The summed E-state index contributed by atoms with van der Waals surface area (Å²) in [6, 6.07) is 12.5. The highest BCUT2D eigenvalue weighted by molar-refractivity contribution is 7.21. The van der Waals surface area contributed by atoms with Gasteiger partial charge in [0.05, 0.1) is 23.6 Å². The van der Waals surface area contributed by atoms with Crippen molar-refractivity contribution in [3.8, 4) is 17.0 Å². The summed E-state index contributed by atoms with van der Waals surface area (Å²) in [6.07, 6.45) is -2.85.